The van der Waals surface area contributed by atoms with Crippen molar-refractivity contribution in [1.29, 1.82) is 0 Å². The molecule has 4 heteroatoms. The molecule has 0 aromatic rings. The summed E-state index contributed by atoms with van der Waals surface area (Å²) in [5.74, 6) is 0. The van der Waals surface area contributed by atoms with Gasteiger partial charge in [-0.3, -0.25) is 0 Å². The molecule has 0 saturated carbocycles. The zero-order valence-electron chi connectivity index (χ0n) is 9.10. The number of carbonyl (C=O) groups is 1. The summed E-state index contributed by atoms with van der Waals surface area (Å²) in [5, 5.41) is 9.12. The van der Waals surface area contributed by atoms with Gasteiger partial charge in [0.1, 0.15) is 0 Å². The van der Waals surface area contributed by atoms with Crippen molar-refractivity contribution in [2.45, 2.75) is 45.2 Å². The predicted molar refractivity (Wildman–Crippen MR) is 57.3 cm³/mol. The average molecular weight is 199 g/mol. The van der Waals surface area contributed by atoms with E-state index < -0.39 is 0 Å². The second-order valence-corrected chi connectivity index (χ2v) is 4.17. The van der Waals surface area contributed by atoms with Crippen LogP contribution in [-0.4, -0.2) is 31.2 Å². The molecule has 0 bridgehead atoms. The van der Waals surface area contributed by atoms with Crippen LogP contribution in [0.4, 0.5) is 4.79 Å². The van der Waals surface area contributed by atoms with E-state index in [0.717, 1.165) is 19.5 Å². The van der Waals surface area contributed by atoms with E-state index in [-0.39, 0.29) is 18.1 Å². The average Bonchev–Trinajstić information content (AvgIpc) is 2.31. The number of rotatable bonds is 2. The molecular formula is C10H21N3O. The molecule has 0 spiro atoms. The molecule has 1 aliphatic heterocycles. The van der Waals surface area contributed by atoms with Gasteiger partial charge >= 0.3 is 6.03 Å². The predicted octanol–water partition coefficient (Wildman–Crippen LogP) is 0.836. The summed E-state index contributed by atoms with van der Waals surface area (Å²) in [6.45, 7) is 5.89. The first-order valence-corrected chi connectivity index (χ1v) is 5.46. The highest BCUT2D eigenvalue weighted by molar-refractivity contribution is 5.74. The van der Waals surface area contributed by atoms with E-state index in [1.165, 1.54) is 12.8 Å². The summed E-state index contributed by atoms with van der Waals surface area (Å²) in [6, 6.07) is 0.443. The molecule has 0 aliphatic carbocycles. The first-order valence-electron chi connectivity index (χ1n) is 5.46. The zero-order chi connectivity index (χ0) is 10.4. The molecule has 1 rings (SSSR count). The van der Waals surface area contributed by atoms with Crippen molar-refractivity contribution in [2.75, 3.05) is 13.1 Å². The van der Waals surface area contributed by atoms with Gasteiger partial charge in [-0.2, -0.15) is 0 Å². The summed E-state index contributed by atoms with van der Waals surface area (Å²) in [7, 11) is 0. The Morgan fingerprint density at radius 3 is 2.93 bits per heavy atom. The Balaban J connectivity index is 2.23. The van der Waals surface area contributed by atoms with Crippen molar-refractivity contribution in [3.63, 3.8) is 0 Å². The quantitative estimate of drug-likeness (QED) is 0.617. The highest BCUT2D eigenvalue weighted by atomic mass is 16.2. The van der Waals surface area contributed by atoms with Crippen molar-refractivity contribution in [2.24, 2.45) is 0 Å². The van der Waals surface area contributed by atoms with E-state index >= 15 is 0 Å². The third-order valence-electron chi connectivity index (χ3n) is 2.30. The smallest absolute Gasteiger partial charge is 0.315 e. The summed E-state index contributed by atoms with van der Waals surface area (Å²) in [4.78, 5) is 11.4. The Morgan fingerprint density at radius 2 is 2.21 bits per heavy atom. The molecule has 1 saturated heterocycles. The van der Waals surface area contributed by atoms with Gasteiger partial charge in [0.2, 0.25) is 0 Å². The second kappa shape index (κ2) is 5.86. The zero-order valence-corrected chi connectivity index (χ0v) is 9.10. The minimum absolute atomic E-state index is 0.0475. The molecule has 0 aromatic heterocycles. The van der Waals surface area contributed by atoms with Gasteiger partial charge in [0, 0.05) is 18.6 Å². The van der Waals surface area contributed by atoms with Gasteiger partial charge in [-0.25, -0.2) is 4.79 Å². The van der Waals surface area contributed by atoms with Crippen LogP contribution in [0.1, 0.15) is 33.1 Å². The van der Waals surface area contributed by atoms with Crippen LogP contribution < -0.4 is 16.0 Å². The molecule has 82 valence electrons. The Hall–Kier alpha value is -0.770. The molecule has 1 unspecified atom stereocenters. The van der Waals surface area contributed by atoms with Crippen LogP contribution in [0.25, 0.3) is 0 Å². The number of amides is 2. The van der Waals surface area contributed by atoms with Crippen molar-refractivity contribution in [1.82, 2.24) is 16.0 Å². The van der Waals surface area contributed by atoms with Gasteiger partial charge in [-0.1, -0.05) is 6.42 Å². The van der Waals surface area contributed by atoms with Gasteiger partial charge < -0.3 is 16.0 Å². The summed E-state index contributed by atoms with van der Waals surface area (Å²) >= 11 is 0. The summed E-state index contributed by atoms with van der Waals surface area (Å²) in [5.41, 5.74) is 0. The third kappa shape index (κ3) is 4.46. The maximum absolute atomic E-state index is 11.4. The van der Waals surface area contributed by atoms with Crippen LogP contribution in [0.5, 0.6) is 0 Å². The molecule has 2 amide bonds. The largest absolute Gasteiger partial charge is 0.336 e. The first-order chi connectivity index (χ1) is 6.68. The molecule has 14 heavy (non-hydrogen) atoms. The number of nitrogens with one attached hydrogen (secondary N) is 3. The number of urea groups is 1. The topological polar surface area (TPSA) is 53.2 Å². The van der Waals surface area contributed by atoms with Crippen LogP contribution in [0.2, 0.25) is 0 Å². The van der Waals surface area contributed by atoms with Crippen molar-refractivity contribution in [3.05, 3.63) is 0 Å². The van der Waals surface area contributed by atoms with Crippen LogP contribution in [0.15, 0.2) is 0 Å². The lowest BCUT2D eigenvalue weighted by atomic mass is 10.1. The fraction of sp³-hybridized carbons (Fsp3) is 0.900. The minimum atomic E-state index is -0.0475. The van der Waals surface area contributed by atoms with E-state index in [1.54, 1.807) is 0 Å². The Morgan fingerprint density at radius 1 is 1.43 bits per heavy atom. The summed E-state index contributed by atoms with van der Waals surface area (Å²) in [6.07, 6.45) is 3.49. The molecule has 0 aromatic carbocycles. The SMILES string of the molecule is CC(C)NC(=O)NC1CCCCNC1. The van der Waals surface area contributed by atoms with E-state index in [0.29, 0.717) is 0 Å². The van der Waals surface area contributed by atoms with Crippen LogP contribution in [-0.2, 0) is 0 Å². The van der Waals surface area contributed by atoms with Gasteiger partial charge in [-0.15, -0.1) is 0 Å². The molecule has 1 heterocycles. The molecule has 4 nitrogen and oxygen atoms in total. The Kier molecular flexibility index (Phi) is 4.73. The highest BCUT2D eigenvalue weighted by Crippen LogP contribution is 2.03. The first kappa shape index (κ1) is 11.3. The van der Waals surface area contributed by atoms with Crippen LogP contribution >= 0.6 is 0 Å². The lowest BCUT2D eigenvalue weighted by Gasteiger charge is -2.18. The summed E-state index contributed by atoms with van der Waals surface area (Å²) < 4.78 is 0. The lowest BCUT2D eigenvalue weighted by molar-refractivity contribution is 0.234. The molecule has 1 fully saturated rings. The van der Waals surface area contributed by atoms with Crippen molar-refractivity contribution in [3.8, 4) is 0 Å². The van der Waals surface area contributed by atoms with E-state index in [1.807, 2.05) is 13.8 Å². The van der Waals surface area contributed by atoms with Crippen molar-refractivity contribution >= 4 is 6.03 Å². The van der Waals surface area contributed by atoms with E-state index in [2.05, 4.69) is 16.0 Å². The standard InChI is InChI=1S/C10H21N3O/c1-8(2)12-10(14)13-9-5-3-4-6-11-7-9/h8-9,11H,3-7H2,1-2H3,(H2,12,13,14). The van der Waals surface area contributed by atoms with Gasteiger partial charge in [-0.05, 0) is 33.2 Å². The minimum Gasteiger partial charge on any atom is -0.336 e. The van der Waals surface area contributed by atoms with Gasteiger partial charge in [0.05, 0.1) is 0 Å². The van der Waals surface area contributed by atoms with Crippen molar-refractivity contribution < 1.29 is 4.79 Å². The lowest BCUT2D eigenvalue weighted by Crippen LogP contribution is -2.47. The van der Waals surface area contributed by atoms with Gasteiger partial charge in [0.15, 0.2) is 0 Å². The molecule has 1 aliphatic rings. The monoisotopic (exact) mass is 199 g/mol. The number of hydrogen-bond acceptors (Lipinski definition) is 2. The Labute approximate surface area is 85.8 Å². The van der Waals surface area contributed by atoms with Crippen LogP contribution in [0.3, 0.4) is 0 Å². The normalized spacial score (nSPS) is 22.9. The maximum Gasteiger partial charge on any atom is 0.315 e. The fourth-order valence-electron chi connectivity index (χ4n) is 1.63. The van der Waals surface area contributed by atoms with Gasteiger partial charge in [0.25, 0.3) is 0 Å². The number of hydrogen-bond donors (Lipinski definition) is 3. The fourth-order valence-corrected chi connectivity index (χ4v) is 1.63. The second-order valence-electron chi connectivity index (χ2n) is 4.17. The third-order valence-corrected chi connectivity index (χ3v) is 2.30. The molecule has 0 radical (unpaired) electrons. The maximum atomic E-state index is 11.4. The molecule has 3 N–H and O–H groups in total. The highest BCUT2D eigenvalue weighted by Gasteiger charge is 2.14. The van der Waals surface area contributed by atoms with Crippen LogP contribution in [0, 0.1) is 0 Å². The number of carbonyl (C=O) groups excluding carboxylic acids is 1. The van der Waals surface area contributed by atoms with E-state index in [9.17, 15) is 4.79 Å². The molecule has 1 atom stereocenters. The molecular weight excluding hydrogens is 178 g/mol. The van der Waals surface area contributed by atoms with E-state index in [4.69, 9.17) is 0 Å². The Bertz CT molecular complexity index is 174.